The molecule has 3 rings (SSSR count). The number of carboxylic acids is 1. The number of rotatable bonds is 5. The maximum Gasteiger partial charge on any atom is 0.330 e. The molecule has 1 amide bonds. The summed E-state index contributed by atoms with van der Waals surface area (Å²) in [4.78, 5) is 23.4. The van der Waals surface area contributed by atoms with Gasteiger partial charge in [0.1, 0.15) is 0 Å². The Bertz CT molecular complexity index is 495. The molecule has 0 aromatic heterocycles. The molecule has 0 spiro atoms. The summed E-state index contributed by atoms with van der Waals surface area (Å²) in [6, 6.07) is 7.90. The van der Waals surface area contributed by atoms with E-state index in [9.17, 15) is 14.7 Å². The molecule has 2 N–H and O–H groups in total. The molecule has 0 bridgehead atoms. The quantitative estimate of drug-likeness (QED) is 0.849. The Labute approximate surface area is 111 Å². The molecule has 3 atom stereocenters. The first-order valence-corrected chi connectivity index (χ1v) is 6.75. The lowest BCUT2D eigenvalue weighted by Gasteiger charge is -2.14. The number of carboxylic acid groups (broad SMARTS) is 1. The fourth-order valence-electron chi connectivity index (χ4n) is 2.74. The number of nitrogens with one attached hydrogen (secondary N) is 1. The molecular formula is C15H17NO3. The minimum atomic E-state index is -1.01. The van der Waals surface area contributed by atoms with E-state index in [0.29, 0.717) is 11.5 Å². The molecular weight excluding hydrogens is 242 g/mol. The van der Waals surface area contributed by atoms with Gasteiger partial charge in [0.15, 0.2) is 6.04 Å². The summed E-state index contributed by atoms with van der Waals surface area (Å²) in [7, 11) is 0. The monoisotopic (exact) mass is 259 g/mol. The summed E-state index contributed by atoms with van der Waals surface area (Å²) in [5, 5.41) is 11.9. The number of aliphatic carboxylic acids is 1. The van der Waals surface area contributed by atoms with Crippen molar-refractivity contribution >= 4 is 11.9 Å². The zero-order valence-electron chi connectivity index (χ0n) is 10.6. The van der Waals surface area contributed by atoms with Crippen molar-refractivity contribution in [2.45, 2.75) is 25.3 Å². The van der Waals surface area contributed by atoms with Crippen LogP contribution in [0, 0.1) is 17.8 Å². The molecule has 0 radical (unpaired) electrons. The van der Waals surface area contributed by atoms with E-state index in [1.165, 1.54) is 12.8 Å². The van der Waals surface area contributed by atoms with Gasteiger partial charge in [0, 0.05) is 5.92 Å². The average molecular weight is 259 g/mol. The van der Waals surface area contributed by atoms with Gasteiger partial charge in [-0.1, -0.05) is 30.3 Å². The summed E-state index contributed by atoms with van der Waals surface area (Å²) in [5.41, 5.74) is 0.618. The molecule has 1 aromatic rings. The van der Waals surface area contributed by atoms with Crippen LogP contribution >= 0.6 is 0 Å². The van der Waals surface area contributed by atoms with Gasteiger partial charge in [0.2, 0.25) is 5.91 Å². The maximum atomic E-state index is 12.1. The van der Waals surface area contributed by atoms with Crippen LogP contribution < -0.4 is 5.32 Å². The molecule has 0 heterocycles. The van der Waals surface area contributed by atoms with Crippen LogP contribution in [0.3, 0.4) is 0 Å². The maximum absolute atomic E-state index is 12.1. The highest BCUT2D eigenvalue weighted by molar-refractivity contribution is 5.87. The van der Waals surface area contributed by atoms with Crippen LogP contribution in [0.2, 0.25) is 0 Å². The Hall–Kier alpha value is -1.84. The number of amides is 1. The second-order valence-electron chi connectivity index (χ2n) is 5.53. The van der Waals surface area contributed by atoms with Crippen LogP contribution in [0.1, 0.15) is 30.9 Å². The van der Waals surface area contributed by atoms with Gasteiger partial charge >= 0.3 is 5.97 Å². The van der Waals surface area contributed by atoms with Crippen molar-refractivity contribution in [3.8, 4) is 0 Å². The van der Waals surface area contributed by atoms with Gasteiger partial charge in [0.25, 0.3) is 0 Å². The van der Waals surface area contributed by atoms with Gasteiger partial charge in [-0.15, -0.1) is 0 Å². The first-order chi connectivity index (χ1) is 9.16. The molecule has 2 saturated carbocycles. The lowest BCUT2D eigenvalue weighted by Crippen LogP contribution is -2.35. The van der Waals surface area contributed by atoms with E-state index < -0.39 is 12.0 Å². The fraction of sp³-hybridized carbons (Fsp3) is 0.467. The number of hydrogen-bond donors (Lipinski definition) is 2. The first kappa shape index (κ1) is 12.2. The molecule has 4 nitrogen and oxygen atoms in total. The van der Waals surface area contributed by atoms with Crippen molar-refractivity contribution < 1.29 is 14.7 Å². The lowest BCUT2D eigenvalue weighted by molar-refractivity contribution is -0.142. The molecule has 0 aliphatic heterocycles. The molecule has 19 heavy (non-hydrogen) atoms. The van der Waals surface area contributed by atoms with Crippen LogP contribution in [0.5, 0.6) is 0 Å². The molecule has 1 aromatic carbocycles. The Balaban J connectivity index is 1.65. The predicted octanol–water partition coefficient (Wildman–Crippen LogP) is 1.97. The Morgan fingerprint density at radius 1 is 1.21 bits per heavy atom. The molecule has 2 aliphatic rings. The highest BCUT2D eigenvalue weighted by Gasteiger charge is 2.51. The molecule has 100 valence electrons. The van der Waals surface area contributed by atoms with Crippen LogP contribution in [-0.2, 0) is 9.59 Å². The van der Waals surface area contributed by atoms with Crippen molar-refractivity contribution in [1.82, 2.24) is 5.32 Å². The van der Waals surface area contributed by atoms with Crippen molar-refractivity contribution in [3.05, 3.63) is 35.9 Å². The summed E-state index contributed by atoms with van der Waals surface area (Å²) >= 11 is 0. The Morgan fingerprint density at radius 2 is 1.89 bits per heavy atom. The van der Waals surface area contributed by atoms with E-state index >= 15 is 0 Å². The molecule has 4 heteroatoms. The van der Waals surface area contributed by atoms with Crippen LogP contribution in [0.4, 0.5) is 0 Å². The molecule has 0 saturated heterocycles. The third-order valence-corrected chi connectivity index (χ3v) is 4.07. The van der Waals surface area contributed by atoms with E-state index in [2.05, 4.69) is 5.32 Å². The van der Waals surface area contributed by atoms with Gasteiger partial charge in [0.05, 0.1) is 0 Å². The van der Waals surface area contributed by atoms with Gasteiger partial charge < -0.3 is 10.4 Å². The molecule has 2 aliphatic carbocycles. The second-order valence-corrected chi connectivity index (χ2v) is 5.53. The summed E-state index contributed by atoms with van der Waals surface area (Å²) < 4.78 is 0. The smallest absolute Gasteiger partial charge is 0.330 e. The summed E-state index contributed by atoms with van der Waals surface area (Å²) in [6.07, 6.45) is 3.39. The number of hydrogen-bond acceptors (Lipinski definition) is 2. The zero-order valence-corrected chi connectivity index (χ0v) is 10.6. The third-order valence-electron chi connectivity index (χ3n) is 4.07. The van der Waals surface area contributed by atoms with Crippen LogP contribution in [0.15, 0.2) is 30.3 Å². The number of benzene rings is 1. The van der Waals surface area contributed by atoms with Gasteiger partial charge in [-0.25, -0.2) is 4.79 Å². The largest absolute Gasteiger partial charge is 0.479 e. The highest BCUT2D eigenvalue weighted by Crippen LogP contribution is 2.54. The van der Waals surface area contributed by atoms with E-state index in [-0.39, 0.29) is 11.8 Å². The van der Waals surface area contributed by atoms with Gasteiger partial charge in [-0.2, -0.15) is 0 Å². The SMILES string of the molecule is O=C(O)C(NC(=O)C1CC1C1CC1)c1ccccc1. The topological polar surface area (TPSA) is 66.4 Å². The Morgan fingerprint density at radius 3 is 2.47 bits per heavy atom. The zero-order chi connectivity index (χ0) is 13.4. The van der Waals surface area contributed by atoms with Crippen molar-refractivity contribution in [1.29, 1.82) is 0 Å². The molecule has 3 unspecified atom stereocenters. The first-order valence-electron chi connectivity index (χ1n) is 6.75. The van der Waals surface area contributed by atoms with E-state index in [1.807, 2.05) is 6.07 Å². The van der Waals surface area contributed by atoms with E-state index in [0.717, 1.165) is 12.3 Å². The minimum Gasteiger partial charge on any atom is -0.479 e. The molecule has 2 fully saturated rings. The third kappa shape index (κ3) is 2.62. The number of carbonyl (C=O) groups excluding carboxylic acids is 1. The van der Waals surface area contributed by atoms with E-state index in [1.54, 1.807) is 24.3 Å². The van der Waals surface area contributed by atoms with Crippen molar-refractivity contribution in [3.63, 3.8) is 0 Å². The predicted molar refractivity (Wildman–Crippen MR) is 69.3 cm³/mol. The summed E-state index contributed by atoms with van der Waals surface area (Å²) in [5.74, 6) is 0.148. The fourth-order valence-corrected chi connectivity index (χ4v) is 2.74. The second kappa shape index (κ2) is 4.68. The lowest BCUT2D eigenvalue weighted by atomic mass is 10.1. The normalized spacial score (nSPS) is 26.5. The standard InChI is InChI=1S/C15H17NO3/c17-14(12-8-11(12)9-6-7-9)16-13(15(18)19)10-4-2-1-3-5-10/h1-5,9,11-13H,6-8H2,(H,16,17)(H,18,19). The van der Waals surface area contributed by atoms with E-state index in [4.69, 9.17) is 0 Å². The highest BCUT2D eigenvalue weighted by atomic mass is 16.4. The van der Waals surface area contributed by atoms with Crippen LogP contribution in [-0.4, -0.2) is 17.0 Å². The van der Waals surface area contributed by atoms with Crippen molar-refractivity contribution in [2.75, 3.05) is 0 Å². The van der Waals surface area contributed by atoms with Crippen molar-refractivity contribution in [2.24, 2.45) is 17.8 Å². The number of carbonyl (C=O) groups is 2. The van der Waals surface area contributed by atoms with Crippen LogP contribution in [0.25, 0.3) is 0 Å². The summed E-state index contributed by atoms with van der Waals surface area (Å²) in [6.45, 7) is 0. The Kier molecular flexibility index (Phi) is 3.01. The minimum absolute atomic E-state index is 0.0399. The van der Waals surface area contributed by atoms with Gasteiger partial charge in [-0.05, 0) is 36.7 Å². The van der Waals surface area contributed by atoms with Gasteiger partial charge in [-0.3, -0.25) is 4.79 Å². The average Bonchev–Trinajstić information content (AvgIpc) is 3.28.